The second-order valence-electron chi connectivity index (χ2n) is 7.25. The van der Waals surface area contributed by atoms with Gasteiger partial charge in [0.2, 0.25) is 0 Å². The Morgan fingerprint density at radius 2 is 1.08 bits per heavy atom. The molecule has 3 aromatic rings. The van der Waals surface area contributed by atoms with Crippen molar-refractivity contribution >= 4 is 13.6 Å². The largest absolute Gasteiger partial charge is 1.00 e. The number of methoxy groups -OCH3 is 1. The van der Waals surface area contributed by atoms with E-state index in [-0.39, 0.29) is 17.1 Å². The number of aromatic nitrogens is 4. The second-order valence-corrected chi connectivity index (χ2v) is 7.25. The van der Waals surface area contributed by atoms with E-state index in [9.17, 15) is 52.7 Å². The summed E-state index contributed by atoms with van der Waals surface area (Å²) in [5.74, 6) is 0.880. The van der Waals surface area contributed by atoms with Gasteiger partial charge < -0.3 is 13.9 Å². The Balaban J connectivity index is 0.000000551. The summed E-state index contributed by atoms with van der Waals surface area (Å²) in [4.78, 5) is 0. The molecule has 0 amide bonds. The molecular formula is C19H14BCuF12N4O. The molecule has 0 aliphatic heterocycles. The molecule has 2 heterocycles. The Hall–Kier alpha value is -3.08. The van der Waals surface area contributed by atoms with Crippen LogP contribution < -0.4 is 4.74 Å². The van der Waals surface area contributed by atoms with Gasteiger partial charge in [-0.15, -0.1) is 0 Å². The molecule has 19 heteroatoms. The van der Waals surface area contributed by atoms with Crippen molar-refractivity contribution in [3.63, 3.8) is 0 Å². The molecule has 38 heavy (non-hydrogen) atoms. The van der Waals surface area contributed by atoms with E-state index >= 15 is 0 Å². The number of alkyl halides is 12. The maximum Gasteiger partial charge on any atom is 1.00 e. The van der Waals surface area contributed by atoms with Crippen LogP contribution in [0.2, 0.25) is 0 Å². The standard InChI is InChI=1S/C10H4BF12N4.C9H10O.Cu/c12-7(13,14)3-1-5(9(18,19)20)26(24-3)11-27-6(10(21,22)23)2-4(25-27)8(15,16)17;1-3-8-4-6-9(10-2)7-5-8;/h1-2H,11H2;3-7H,1H2,2H3;/q-1;;+1. The number of halogens is 12. The second kappa shape index (κ2) is 11.8. The quantitative estimate of drug-likeness (QED) is 0.272. The first-order valence-electron chi connectivity index (χ1n) is 9.74. The first-order valence-corrected chi connectivity index (χ1v) is 9.74. The van der Waals surface area contributed by atoms with Gasteiger partial charge in [0.1, 0.15) is 17.1 Å². The Morgan fingerprint density at radius 1 is 0.711 bits per heavy atom. The van der Waals surface area contributed by atoms with Crippen LogP contribution in [0.1, 0.15) is 28.3 Å². The van der Waals surface area contributed by atoms with Crippen molar-refractivity contribution in [2.45, 2.75) is 24.7 Å². The Bertz CT molecular complexity index is 1140. The van der Waals surface area contributed by atoms with E-state index in [1.165, 1.54) is 0 Å². The van der Waals surface area contributed by atoms with Crippen LogP contribution in [-0.2, 0) is 41.8 Å². The molecule has 3 rings (SSSR count). The fourth-order valence-corrected chi connectivity index (χ4v) is 2.97. The summed E-state index contributed by atoms with van der Waals surface area (Å²) >= 11 is 0. The topological polar surface area (TPSA) is 44.9 Å². The summed E-state index contributed by atoms with van der Waals surface area (Å²) in [5, 5.41) is 5.11. The minimum absolute atomic E-state index is 0. The molecule has 0 spiro atoms. The van der Waals surface area contributed by atoms with Crippen LogP contribution in [0.25, 0.3) is 6.08 Å². The third-order valence-corrected chi connectivity index (χ3v) is 4.65. The van der Waals surface area contributed by atoms with Crippen LogP contribution in [0.3, 0.4) is 0 Å². The van der Waals surface area contributed by atoms with E-state index in [1.54, 1.807) is 13.2 Å². The van der Waals surface area contributed by atoms with Crippen LogP contribution in [0.4, 0.5) is 52.7 Å². The Kier molecular flexibility index (Phi) is 10.2. The number of benzene rings is 1. The van der Waals surface area contributed by atoms with E-state index in [1.807, 2.05) is 24.3 Å². The molecule has 0 aliphatic carbocycles. The minimum Gasteiger partial charge on any atom is -0.497 e. The molecule has 0 fully saturated rings. The first kappa shape index (κ1) is 33.0. The molecule has 5 nitrogen and oxygen atoms in total. The predicted molar refractivity (Wildman–Crippen MR) is 107 cm³/mol. The minimum atomic E-state index is -5.45. The van der Waals surface area contributed by atoms with Crippen molar-refractivity contribution < 1.29 is 74.5 Å². The summed E-state index contributed by atoms with van der Waals surface area (Å²) in [6.07, 6.45) is -19.8. The molecular weight excluding hydrogens is 603 g/mol. The maximum atomic E-state index is 12.8. The van der Waals surface area contributed by atoms with Crippen LogP contribution >= 0.6 is 0 Å². The van der Waals surface area contributed by atoms with Crippen molar-refractivity contribution in [2.24, 2.45) is 0 Å². The zero-order valence-corrected chi connectivity index (χ0v) is 19.7. The van der Waals surface area contributed by atoms with Gasteiger partial charge in [-0.25, -0.2) is 10.2 Å². The Morgan fingerprint density at radius 3 is 1.34 bits per heavy atom. The third kappa shape index (κ3) is 8.47. The monoisotopic (exact) mass is 616 g/mol. The van der Waals surface area contributed by atoms with Gasteiger partial charge in [0, 0.05) is 0 Å². The molecule has 214 valence electrons. The van der Waals surface area contributed by atoms with Gasteiger partial charge in [0.15, 0.2) is 18.9 Å². The summed E-state index contributed by atoms with van der Waals surface area (Å²) < 4.78 is 156. The average molecular weight is 617 g/mol. The van der Waals surface area contributed by atoms with Gasteiger partial charge in [-0.2, -0.15) is 52.7 Å². The van der Waals surface area contributed by atoms with Crippen molar-refractivity contribution in [2.75, 3.05) is 7.11 Å². The smallest absolute Gasteiger partial charge is 0.497 e. The van der Waals surface area contributed by atoms with E-state index in [4.69, 9.17) is 4.74 Å². The molecule has 0 saturated carbocycles. The molecule has 1 aromatic carbocycles. The van der Waals surface area contributed by atoms with Crippen molar-refractivity contribution in [1.29, 1.82) is 0 Å². The Labute approximate surface area is 216 Å². The van der Waals surface area contributed by atoms with Gasteiger partial charge in [-0.3, -0.25) is 0 Å². The molecule has 2 aromatic heterocycles. The summed E-state index contributed by atoms with van der Waals surface area (Å²) in [6, 6.07) is 6.85. The number of nitrogens with zero attached hydrogens (tertiary/aromatic N) is 4. The molecule has 0 atom stereocenters. The van der Waals surface area contributed by atoms with Crippen LogP contribution in [-0.4, -0.2) is 34.0 Å². The summed E-state index contributed by atoms with van der Waals surface area (Å²) in [5.41, 5.74) is -7.13. The zero-order chi connectivity index (χ0) is 28.4. The van der Waals surface area contributed by atoms with E-state index in [0.29, 0.717) is 0 Å². The third-order valence-electron chi connectivity index (χ3n) is 4.65. The normalized spacial score (nSPS) is 12.3. The van der Waals surface area contributed by atoms with E-state index in [0.717, 1.165) is 11.3 Å². The van der Waals surface area contributed by atoms with E-state index < -0.39 is 76.3 Å². The van der Waals surface area contributed by atoms with Crippen molar-refractivity contribution in [3.8, 4) is 5.75 Å². The van der Waals surface area contributed by atoms with Gasteiger partial charge in [0.05, 0.1) is 7.11 Å². The fourth-order valence-electron chi connectivity index (χ4n) is 2.97. The van der Waals surface area contributed by atoms with Crippen LogP contribution in [0.15, 0.2) is 43.0 Å². The van der Waals surface area contributed by atoms with Gasteiger partial charge >= 0.3 is 41.8 Å². The maximum absolute atomic E-state index is 12.8. The van der Waals surface area contributed by atoms with Crippen molar-refractivity contribution in [1.82, 2.24) is 19.4 Å². The SMILES string of the molecule is C=Cc1ccc(OC)cc1.FC(F)(F)c1cc(C(F)(F)F)n([BH2-]n2nc(C(F)(F)F)cc2C(F)(F)F)n1.[Cu+]. The van der Waals surface area contributed by atoms with Crippen LogP contribution in [0.5, 0.6) is 5.75 Å². The van der Waals surface area contributed by atoms with E-state index in [2.05, 4.69) is 16.8 Å². The predicted octanol–water partition coefficient (Wildman–Crippen LogP) is 5.89. The first-order chi connectivity index (χ1) is 16.8. The summed E-state index contributed by atoms with van der Waals surface area (Å²) in [6.45, 7) is 3.65. The molecule has 0 aliphatic rings. The van der Waals surface area contributed by atoms with Gasteiger partial charge in [0.25, 0.3) is 0 Å². The van der Waals surface area contributed by atoms with Gasteiger partial charge in [-0.05, 0) is 29.8 Å². The van der Waals surface area contributed by atoms with Crippen LogP contribution in [0, 0.1) is 0 Å². The van der Waals surface area contributed by atoms with Gasteiger partial charge in [-0.1, -0.05) is 24.8 Å². The summed E-state index contributed by atoms with van der Waals surface area (Å²) in [7, 11) is -1.54. The number of hydrogen-bond donors (Lipinski definition) is 0. The fraction of sp³-hybridized carbons (Fsp3) is 0.263. The number of hydrogen-bond acceptors (Lipinski definition) is 3. The molecule has 0 saturated heterocycles. The number of ether oxygens (including phenoxy) is 1. The molecule has 0 unspecified atom stereocenters. The molecule has 0 radical (unpaired) electrons. The molecule has 0 N–H and O–H groups in total. The number of rotatable bonds is 4. The average Bonchev–Trinajstić information content (AvgIpc) is 3.39. The molecule has 0 bridgehead atoms. The zero-order valence-electron chi connectivity index (χ0n) is 18.8. The van der Waals surface area contributed by atoms with Crippen molar-refractivity contribution in [3.05, 3.63) is 71.3 Å².